The van der Waals surface area contributed by atoms with Crippen molar-refractivity contribution < 1.29 is 9.47 Å². The van der Waals surface area contributed by atoms with Gasteiger partial charge in [-0.1, -0.05) is 6.07 Å². The zero-order valence-corrected chi connectivity index (χ0v) is 11.2. The van der Waals surface area contributed by atoms with Crippen LogP contribution in [0.1, 0.15) is 5.56 Å². The van der Waals surface area contributed by atoms with Gasteiger partial charge in [0.15, 0.2) is 0 Å². The van der Waals surface area contributed by atoms with Crippen molar-refractivity contribution >= 4 is 0 Å². The van der Waals surface area contributed by atoms with Crippen LogP contribution in [0.4, 0.5) is 0 Å². The van der Waals surface area contributed by atoms with E-state index in [-0.39, 0.29) is 0 Å². The van der Waals surface area contributed by atoms with E-state index in [9.17, 15) is 0 Å². The first kappa shape index (κ1) is 13.2. The van der Waals surface area contributed by atoms with Crippen LogP contribution in [-0.2, 0) is 6.42 Å². The number of methoxy groups -OCH3 is 2. The van der Waals surface area contributed by atoms with Gasteiger partial charge < -0.3 is 19.7 Å². The fourth-order valence-electron chi connectivity index (χ4n) is 2.38. The second-order valence-corrected chi connectivity index (χ2v) is 4.48. The van der Waals surface area contributed by atoms with Crippen LogP contribution in [0.25, 0.3) is 0 Å². The third-order valence-corrected chi connectivity index (χ3v) is 3.42. The van der Waals surface area contributed by atoms with Crippen molar-refractivity contribution in [3.8, 4) is 11.5 Å². The molecule has 0 radical (unpaired) electrons. The van der Waals surface area contributed by atoms with Gasteiger partial charge >= 0.3 is 0 Å². The second kappa shape index (κ2) is 6.61. The van der Waals surface area contributed by atoms with Crippen molar-refractivity contribution in [3.05, 3.63) is 23.8 Å². The molecule has 0 amide bonds. The van der Waals surface area contributed by atoms with E-state index in [4.69, 9.17) is 9.47 Å². The highest BCUT2D eigenvalue weighted by Gasteiger charge is 2.13. The SMILES string of the molecule is COc1cccc(OC)c1CCN1CCNCC1. The molecule has 1 aliphatic heterocycles. The van der Waals surface area contributed by atoms with E-state index < -0.39 is 0 Å². The van der Waals surface area contributed by atoms with Crippen LogP contribution in [0.15, 0.2) is 18.2 Å². The van der Waals surface area contributed by atoms with Gasteiger partial charge in [-0.3, -0.25) is 0 Å². The van der Waals surface area contributed by atoms with Gasteiger partial charge in [-0.15, -0.1) is 0 Å². The molecule has 4 heteroatoms. The topological polar surface area (TPSA) is 33.7 Å². The standard InChI is InChI=1S/C14H22N2O2/c1-17-13-4-3-5-14(18-2)12(13)6-9-16-10-7-15-8-11-16/h3-5,15H,6-11H2,1-2H3. The van der Waals surface area contributed by atoms with Crippen LogP contribution >= 0.6 is 0 Å². The largest absolute Gasteiger partial charge is 0.496 e. The highest BCUT2D eigenvalue weighted by molar-refractivity contribution is 5.44. The van der Waals surface area contributed by atoms with E-state index in [2.05, 4.69) is 10.2 Å². The van der Waals surface area contributed by atoms with Gasteiger partial charge in [0.25, 0.3) is 0 Å². The molecule has 1 aromatic carbocycles. The summed E-state index contributed by atoms with van der Waals surface area (Å²) in [5, 5.41) is 3.37. The van der Waals surface area contributed by atoms with Gasteiger partial charge in [0.2, 0.25) is 0 Å². The van der Waals surface area contributed by atoms with Gasteiger partial charge in [0, 0.05) is 38.3 Å². The van der Waals surface area contributed by atoms with Crippen molar-refractivity contribution in [2.75, 3.05) is 46.9 Å². The molecule has 18 heavy (non-hydrogen) atoms. The van der Waals surface area contributed by atoms with Gasteiger partial charge in [-0.05, 0) is 18.6 Å². The van der Waals surface area contributed by atoms with Gasteiger partial charge in [0.05, 0.1) is 14.2 Å². The maximum atomic E-state index is 5.42. The number of hydrogen-bond acceptors (Lipinski definition) is 4. The van der Waals surface area contributed by atoms with Gasteiger partial charge in [-0.25, -0.2) is 0 Å². The molecule has 2 rings (SSSR count). The summed E-state index contributed by atoms with van der Waals surface area (Å²) in [6, 6.07) is 5.96. The van der Waals surface area contributed by atoms with Crippen molar-refractivity contribution in [2.24, 2.45) is 0 Å². The Labute approximate surface area is 109 Å². The molecule has 0 spiro atoms. The lowest BCUT2D eigenvalue weighted by Crippen LogP contribution is -2.44. The van der Waals surface area contributed by atoms with Gasteiger partial charge in [0.1, 0.15) is 11.5 Å². The molecule has 0 unspecified atom stereocenters. The van der Waals surface area contributed by atoms with Crippen molar-refractivity contribution in [1.82, 2.24) is 10.2 Å². The van der Waals surface area contributed by atoms with Crippen molar-refractivity contribution in [2.45, 2.75) is 6.42 Å². The lowest BCUT2D eigenvalue weighted by atomic mass is 10.1. The number of rotatable bonds is 5. The molecule has 0 bridgehead atoms. The molecular formula is C14H22N2O2. The summed E-state index contributed by atoms with van der Waals surface area (Å²) in [6.45, 7) is 5.47. The lowest BCUT2D eigenvalue weighted by Gasteiger charge is -2.27. The molecule has 0 aliphatic carbocycles. The molecule has 1 fully saturated rings. The Morgan fingerprint density at radius 3 is 2.28 bits per heavy atom. The smallest absolute Gasteiger partial charge is 0.125 e. The fraction of sp³-hybridized carbons (Fsp3) is 0.571. The van der Waals surface area contributed by atoms with Crippen LogP contribution in [0.3, 0.4) is 0 Å². The van der Waals surface area contributed by atoms with Crippen molar-refractivity contribution in [1.29, 1.82) is 0 Å². The quantitative estimate of drug-likeness (QED) is 0.850. The fourth-order valence-corrected chi connectivity index (χ4v) is 2.38. The summed E-state index contributed by atoms with van der Waals surface area (Å²) in [5.41, 5.74) is 1.17. The van der Waals surface area contributed by atoms with Gasteiger partial charge in [-0.2, -0.15) is 0 Å². The molecular weight excluding hydrogens is 228 g/mol. The van der Waals surface area contributed by atoms with E-state index in [0.29, 0.717) is 0 Å². The zero-order chi connectivity index (χ0) is 12.8. The first-order chi connectivity index (χ1) is 8.85. The Balaban J connectivity index is 2.02. The molecule has 1 aliphatic rings. The van der Waals surface area contributed by atoms with E-state index >= 15 is 0 Å². The average molecular weight is 250 g/mol. The molecule has 100 valence electrons. The number of ether oxygens (including phenoxy) is 2. The summed E-state index contributed by atoms with van der Waals surface area (Å²) >= 11 is 0. The van der Waals surface area contributed by atoms with E-state index in [1.165, 1.54) is 5.56 Å². The van der Waals surface area contributed by atoms with E-state index in [0.717, 1.165) is 50.6 Å². The Morgan fingerprint density at radius 1 is 1.11 bits per heavy atom. The summed E-state index contributed by atoms with van der Waals surface area (Å²) in [4.78, 5) is 2.47. The minimum absolute atomic E-state index is 0.921. The molecule has 0 saturated carbocycles. The number of piperazine rings is 1. The lowest BCUT2D eigenvalue weighted by molar-refractivity contribution is 0.242. The summed E-state index contributed by atoms with van der Waals surface area (Å²) < 4.78 is 10.8. The number of nitrogens with zero attached hydrogens (tertiary/aromatic N) is 1. The van der Waals surface area contributed by atoms with E-state index in [1.54, 1.807) is 14.2 Å². The third kappa shape index (κ3) is 3.15. The normalized spacial score (nSPS) is 16.6. The number of hydrogen-bond donors (Lipinski definition) is 1. The maximum Gasteiger partial charge on any atom is 0.125 e. The molecule has 1 heterocycles. The molecule has 1 saturated heterocycles. The third-order valence-electron chi connectivity index (χ3n) is 3.42. The first-order valence-corrected chi connectivity index (χ1v) is 6.48. The minimum atomic E-state index is 0.921. The summed E-state index contributed by atoms with van der Waals surface area (Å²) in [6.07, 6.45) is 0.965. The molecule has 1 aromatic rings. The second-order valence-electron chi connectivity index (χ2n) is 4.48. The van der Waals surface area contributed by atoms with Crippen LogP contribution in [0.5, 0.6) is 11.5 Å². The first-order valence-electron chi connectivity index (χ1n) is 6.48. The monoisotopic (exact) mass is 250 g/mol. The Hall–Kier alpha value is -1.26. The Kier molecular flexibility index (Phi) is 4.84. The van der Waals surface area contributed by atoms with Crippen LogP contribution in [-0.4, -0.2) is 51.8 Å². The average Bonchev–Trinajstić information content (AvgIpc) is 2.45. The Morgan fingerprint density at radius 2 is 1.72 bits per heavy atom. The number of benzene rings is 1. The molecule has 0 atom stereocenters. The van der Waals surface area contributed by atoms with Crippen LogP contribution in [0.2, 0.25) is 0 Å². The van der Waals surface area contributed by atoms with E-state index in [1.807, 2.05) is 18.2 Å². The maximum absolute atomic E-state index is 5.42. The summed E-state index contributed by atoms with van der Waals surface area (Å²) in [5.74, 6) is 1.84. The minimum Gasteiger partial charge on any atom is -0.496 e. The number of nitrogens with one attached hydrogen (secondary N) is 1. The predicted octanol–water partition coefficient (Wildman–Crippen LogP) is 1.15. The van der Waals surface area contributed by atoms with Crippen LogP contribution < -0.4 is 14.8 Å². The molecule has 1 N–H and O–H groups in total. The molecule has 0 aromatic heterocycles. The predicted molar refractivity (Wildman–Crippen MR) is 72.6 cm³/mol. The van der Waals surface area contributed by atoms with Crippen molar-refractivity contribution in [3.63, 3.8) is 0 Å². The zero-order valence-electron chi connectivity index (χ0n) is 11.2. The summed E-state index contributed by atoms with van der Waals surface area (Å²) in [7, 11) is 3.42. The highest BCUT2D eigenvalue weighted by Crippen LogP contribution is 2.28. The molecule has 4 nitrogen and oxygen atoms in total. The van der Waals surface area contributed by atoms with Crippen LogP contribution in [0, 0.1) is 0 Å². The highest BCUT2D eigenvalue weighted by atomic mass is 16.5. The Bertz CT molecular complexity index is 354.